The van der Waals surface area contributed by atoms with Crippen LogP contribution in [-0.4, -0.2) is 48.4 Å². The fourth-order valence-electron chi connectivity index (χ4n) is 2.81. The summed E-state index contributed by atoms with van der Waals surface area (Å²) in [6, 6.07) is 2.74. The van der Waals surface area contributed by atoms with Crippen molar-refractivity contribution in [3.05, 3.63) is 35.4 Å². The van der Waals surface area contributed by atoms with Gasteiger partial charge in [0.15, 0.2) is 6.61 Å². The minimum absolute atomic E-state index is 0.0806. The van der Waals surface area contributed by atoms with Crippen LogP contribution in [0, 0.1) is 11.6 Å². The zero-order valence-electron chi connectivity index (χ0n) is 14.6. The number of nitrogens with zero attached hydrogens (tertiary/aromatic N) is 1. The molecule has 2 amide bonds. The minimum atomic E-state index is -0.980. The number of likely N-dealkylation sites (tertiary alicyclic amines) is 1. The topological polar surface area (TPSA) is 75.7 Å². The lowest BCUT2D eigenvalue weighted by atomic mass is 10.0. The molecule has 1 heterocycles. The van der Waals surface area contributed by atoms with Crippen molar-refractivity contribution >= 4 is 17.8 Å². The molecular weight excluding hydrogens is 346 g/mol. The summed E-state index contributed by atoms with van der Waals surface area (Å²) in [6.45, 7) is 2.21. The summed E-state index contributed by atoms with van der Waals surface area (Å²) in [5, 5.41) is 2.35. The molecule has 6 nitrogen and oxygen atoms in total. The highest BCUT2D eigenvalue weighted by molar-refractivity contribution is 5.94. The summed E-state index contributed by atoms with van der Waals surface area (Å²) < 4.78 is 31.2. The maximum absolute atomic E-state index is 13.5. The maximum atomic E-state index is 13.5. The van der Waals surface area contributed by atoms with E-state index in [0.29, 0.717) is 12.6 Å². The second-order valence-corrected chi connectivity index (χ2v) is 6.22. The van der Waals surface area contributed by atoms with Gasteiger partial charge in [0.2, 0.25) is 0 Å². The maximum Gasteiger partial charge on any atom is 0.308 e. The predicted octanol–water partition coefficient (Wildman–Crippen LogP) is 2.03. The lowest BCUT2D eigenvalue weighted by Gasteiger charge is -2.33. The van der Waals surface area contributed by atoms with Crippen LogP contribution in [0.25, 0.3) is 0 Å². The van der Waals surface area contributed by atoms with Gasteiger partial charge in [-0.3, -0.25) is 14.4 Å². The monoisotopic (exact) mass is 368 g/mol. The van der Waals surface area contributed by atoms with Crippen LogP contribution in [0.1, 0.15) is 43.0 Å². The van der Waals surface area contributed by atoms with Crippen molar-refractivity contribution in [1.82, 2.24) is 10.2 Å². The van der Waals surface area contributed by atoms with Gasteiger partial charge in [0, 0.05) is 25.2 Å². The van der Waals surface area contributed by atoms with Crippen molar-refractivity contribution in [2.45, 2.75) is 38.6 Å². The third kappa shape index (κ3) is 5.50. The smallest absolute Gasteiger partial charge is 0.308 e. The molecule has 1 aliphatic rings. The molecule has 0 bridgehead atoms. The minimum Gasteiger partial charge on any atom is -0.456 e. The normalized spacial score (nSPS) is 16.9. The molecule has 1 atom stereocenters. The Balaban J connectivity index is 1.70. The van der Waals surface area contributed by atoms with Crippen LogP contribution in [0.15, 0.2) is 18.2 Å². The van der Waals surface area contributed by atoms with Gasteiger partial charge in [-0.2, -0.15) is 0 Å². The van der Waals surface area contributed by atoms with E-state index in [2.05, 4.69) is 5.32 Å². The number of halogens is 2. The van der Waals surface area contributed by atoms with Crippen LogP contribution in [0.4, 0.5) is 8.78 Å². The number of nitrogens with one attached hydrogen (secondary N) is 1. The third-order valence-corrected chi connectivity index (χ3v) is 4.27. The molecule has 0 saturated carbocycles. The van der Waals surface area contributed by atoms with Crippen LogP contribution in [0.3, 0.4) is 0 Å². The lowest BCUT2D eigenvalue weighted by molar-refractivity contribution is -0.153. The molecule has 8 heteroatoms. The summed E-state index contributed by atoms with van der Waals surface area (Å²) in [7, 11) is 0. The molecular formula is C18H22F2N2O4. The van der Waals surface area contributed by atoms with Gasteiger partial charge in [0.05, 0.1) is 12.0 Å². The number of esters is 1. The molecule has 1 unspecified atom stereocenters. The van der Waals surface area contributed by atoms with Crippen LogP contribution < -0.4 is 5.32 Å². The summed E-state index contributed by atoms with van der Waals surface area (Å²) in [5.74, 6) is -3.39. The highest BCUT2D eigenvalue weighted by Crippen LogP contribution is 2.16. The van der Waals surface area contributed by atoms with Gasteiger partial charge in [-0.05, 0) is 38.3 Å². The molecule has 1 saturated heterocycles. The first-order valence-corrected chi connectivity index (χ1v) is 8.57. The van der Waals surface area contributed by atoms with Crippen molar-refractivity contribution < 1.29 is 27.9 Å². The fourth-order valence-corrected chi connectivity index (χ4v) is 2.81. The number of hydrogen-bond donors (Lipinski definition) is 1. The van der Waals surface area contributed by atoms with E-state index < -0.39 is 23.5 Å². The number of amides is 2. The molecule has 0 aromatic heterocycles. The number of carbonyl (C=O) groups excluding carboxylic acids is 3. The average Bonchev–Trinajstić information content (AvgIpc) is 2.60. The van der Waals surface area contributed by atoms with Crippen LogP contribution in [0.5, 0.6) is 0 Å². The molecule has 0 spiro atoms. The lowest BCUT2D eigenvalue weighted by Crippen LogP contribution is -2.44. The van der Waals surface area contributed by atoms with E-state index in [1.807, 2.05) is 6.92 Å². The van der Waals surface area contributed by atoms with Gasteiger partial charge >= 0.3 is 5.97 Å². The van der Waals surface area contributed by atoms with E-state index in [1.165, 1.54) is 0 Å². The van der Waals surface area contributed by atoms with Gasteiger partial charge in [0.25, 0.3) is 11.8 Å². The molecule has 26 heavy (non-hydrogen) atoms. The Bertz CT molecular complexity index is 681. The third-order valence-electron chi connectivity index (χ3n) is 4.27. The number of ether oxygens (including phenoxy) is 1. The Hall–Kier alpha value is -2.51. The van der Waals surface area contributed by atoms with Gasteiger partial charge < -0.3 is 15.0 Å². The largest absolute Gasteiger partial charge is 0.456 e. The number of piperidine rings is 1. The van der Waals surface area contributed by atoms with Crippen LogP contribution in [-0.2, 0) is 14.3 Å². The van der Waals surface area contributed by atoms with Gasteiger partial charge in [-0.1, -0.05) is 0 Å². The Morgan fingerprint density at radius 3 is 2.73 bits per heavy atom. The van der Waals surface area contributed by atoms with Gasteiger partial charge in [-0.25, -0.2) is 8.78 Å². The van der Waals surface area contributed by atoms with Crippen molar-refractivity contribution in [3.63, 3.8) is 0 Å². The number of benzene rings is 1. The van der Waals surface area contributed by atoms with E-state index >= 15 is 0 Å². The van der Waals surface area contributed by atoms with Crippen LogP contribution in [0.2, 0.25) is 0 Å². The Morgan fingerprint density at radius 1 is 1.27 bits per heavy atom. The molecule has 1 aliphatic heterocycles. The molecule has 1 aromatic carbocycles. The Kier molecular flexibility index (Phi) is 7.06. The van der Waals surface area contributed by atoms with Gasteiger partial charge in [-0.15, -0.1) is 0 Å². The standard InChI is InChI=1S/C18H22F2N2O4/c1-12-4-2-3-9-22(12)16(23)11-26-17(24)7-8-21-18(25)14-6-5-13(19)10-15(14)20/h5-6,10,12H,2-4,7-9,11H2,1H3,(H,21,25). The molecule has 1 N–H and O–H groups in total. The molecule has 0 radical (unpaired) electrons. The summed E-state index contributed by atoms with van der Waals surface area (Å²) in [4.78, 5) is 37.2. The van der Waals surface area contributed by atoms with Crippen molar-refractivity contribution in [1.29, 1.82) is 0 Å². The first-order chi connectivity index (χ1) is 12.4. The second kappa shape index (κ2) is 9.26. The van der Waals surface area contributed by atoms with Crippen molar-refractivity contribution in [2.75, 3.05) is 19.7 Å². The van der Waals surface area contributed by atoms with E-state index in [1.54, 1.807) is 4.90 Å². The molecule has 2 rings (SSSR count). The zero-order valence-corrected chi connectivity index (χ0v) is 14.6. The van der Waals surface area contributed by atoms with Crippen molar-refractivity contribution in [2.24, 2.45) is 0 Å². The number of rotatable bonds is 6. The molecule has 1 aromatic rings. The summed E-state index contributed by atoms with van der Waals surface area (Å²) in [5.41, 5.74) is -0.311. The Labute approximate surface area is 150 Å². The Morgan fingerprint density at radius 2 is 2.04 bits per heavy atom. The van der Waals surface area contributed by atoms with Crippen LogP contribution >= 0.6 is 0 Å². The second-order valence-electron chi connectivity index (χ2n) is 6.22. The highest BCUT2D eigenvalue weighted by Gasteiger charge is 2.23. The summed E-state index contributed by atoms with van der Waals surface area (Å²) >= 11 is 0. The average molecular weight is 368 g/mol. The van der Waals surface area contributed by atoms with Crippen molar-refractivity contribution in [3.8, 4) is 0 Å². The van der Waals surface area contributed by atoms with E-state index in [0.717, 1.165) is 31.4 Å². The summed E-state index contributed by atoms with van der Waals surface area (Å²) in [6.07, 6.45) is 2.80. The van der Waals surface area contributed by atoms with E-state index in [-0.39, 0.29) is 37.1 Å². The first kappa shape index (κ1) is 19.8. The van der Waals surface area contributed by atoms with E-state index in [9.17, 15) is 23.2 Å². The number of hydrogen-bond acceptors (Lipinski definition) is 4. The first-order valence-electron chi connectivity index (χ1n) is 8.57. The predicted molar refractivity (Wildman–Crippen MR) is 89.3 cm³/mol. The SMILES string of the molecule is CC1CCCCN1C(=O)COC(=O)CCNC(=O)c1ccc(F)cc1F. The van der Waals surface area contributed by atoms with Gasteiger partial charge in [0.1, 0.15) is 11.6 Å². The fraction of sp³-hybridized carbons (Fsp3) is 0.500. The highest BCUT2D eigenvalue weighted by atomic mass is 19.1. The molecule has 0 aliphatic carbocycles. The molecule has 1 fully saturated rings. The quantitative estimate of drug-likeness (QED) is 0.780. The van der Waals surface area contributed by atoms with E-state index in [4.69, 9.17) is 4.74 Å². The number of carbonyl (C=O) groups is 3. The molecule has 142 valence electrons. The zero-order chi connectivity index (χ0) is 19.1.